The van der Waals surface area contributed by atoms with Crippen LogP contribution < -0.4 is 5.73 Å². The highest BCUT2D eigenvalue weighted by Gasteiger charge is 2.18. The SMILES string of the molecule is Nc1ccc(CC(=O)N2CCCCO2)nc1. The Kier molecular flexibility index (Phi) is 3.36. The molecule has 0 saturated carbocycles. The first-order valence-electron chi connectivity index (χ1n) is 5.39. The molecule has 0 spiro atoms. The number of carbonyl (C=O) groups is 1. The van der Waals surface area contributed by atoms with Gasteiger partial charge in [0.2, 0.25) is 0 Å². The Hall–Kier alpha value is -1.62. The number of amides is 1. The number of hydroxylamine groups is 2. The van der Waals surface area contributed by atoms with Crippen LogP contribution in [0.15, 0.2) is 18.3 Å². The zero-order valence-electron chi connectivity index (χ0n) is 9.06. The minimum atomic E-state index is -0.0445. The average molecular weight is 221 g/mol. The van der Waals surface area contributed by atoms with E-state index < -0.39 is 0 Å². The minimum absolute atomic E-state index is 0.0445. The van der Waals surface area contributed by atoms with Gasteiger partial charge in [-0.25, -0.2) is 5.06 Å². The Labute approximate surface area is 94.2 Å². The summed E-state index contributed by atoms with van der Waals surface area (Å²) in [6.45, 7) is 1.30. The van der Waals surface area contributed by atoms with E-state index in [0.29, 0.717) is 24.5 Å². The summed E-state index contributed by atoms with van der Waals surface area (Å²) in [6, 6.07) is 3.50. The summed E-state index contributed by atoms with van der Waals surface area (Å²) in [4.78, 5) is 21.1. The van der Waals surface area contributed by atoms with Gasteiger partial charge in [0, 0.05) is 12.2 Å². The molecule has 2 N–H and O–H groups in total. The maximum atomic E-state index is 11.8. The minimum Gasteiger partial charge on any atom is -0.397 e. The first-order chi connectivity index (χ1) is 7.75. The van der Waals surface area contributed by atoms with Crippen LogP contribution in [0.3, 0.4) is 0 Å². The lowest BCUT2D eigenvalue weighted by molar-refractivity contribution is -0.196. The van der Waals surface area contributed by atoms with E-state index in [2.05, 4.69) is 4.98 Å². The van der Waals surface area contributed by atoms with Crippen molar-refractivity contribution in [2.75, 3.05) is 18.9 Å². The molecule has 1 aliphatic rings. The third-order valence-electron chi connectivity index (χ3n) is 2.46. The zero-order valence-corrected chi connectivity index (χ0v) is 9.06. The second-order valence-corrected chi connectivity index (χ2v) is 3.80. The lowest BCUT2D eigenvalue weighted by atomic mass is 10.2. The van der Waals surface area contributed by atoms with Gasteiger partial charge < -0.3 is 5.73 Å². The molecule has 2 rings (SSSR count). The quantitative estimate of drug-likeness (QED) is 0.800. The lowest BCUT2D eigenvalue weighted by Crippen LogP contribution is -2.36. The third kappa shape index (κ3) is 2.70. The van der Waals surface area contributed by atoms with Crippen molar-refractivity contribution < 1.29 is 9.63 Å². The van der Waals surface area contributed by atoms with E-state index in [0.717, 1.165) is 12.8 Å². The first kappa shape index (κ1) is 10.9. The van der Waals surface area contributed by atoms with Crippen LogP contribution in [0.1, 0.15) is 18.5 Å². The van der Waals surface area contributed by atoms with Gasteiger partial charge in [0.15, 0.2) is 0 Å². The molecule has 0 atom stereocenters. The van der Waals surface area contributed by atoms with Crippen molar-refractivity contribution in [2.24, 2.45) is 0 Å². The van der Waals surface area contributed by atoms with Crippen LogP contribution in [0.5, 0.6) is 0 Å². The molecule has 1 saturated heterocycles. The summed E-state index contributed by atoms with van der Waals surface area (Å²) in [6.07, 6.45) is 3.84. The molecule has 1 amide bonds. The van der Waals surface area contributed by atoms with E-state index in [4.69, 9.17) is 10.6 Å². The Bertz CT molecular complexity index is 358. The molecule has 1 aromatic heterocycles. The highest BCUT2D eigenvalue weighted by molar-refractivity contribution is 5.77. The molecule has 5 nitrogen and oxygen atoms in total. The van der Waals surface area contributed by atoms with Crippen LogP contribution in [-0.2, 0) is 16.1 Å². The fourth-order valence-electron chi connectivity index (χ4n) is 1.58. The number of anilines is 1. The van der Waals surface area contributed by atoms with E-state index in [9.17, 15) is 4.79 Å². The molecule has 1 fully saturated rings. The first-order valence-corrected chi connectivity index (χ1v) is 5.39. The van der Waals surface area contributed by atoms with Gasteiger partial charge in [-0.2, -0.15) is 0 Å². The Balaban J connectivity index is 1.93. The van der Waals surface area contributed by atoms with Crippen LogP contribution in [0.2, 0.25) is 0 Å². The van der Waals surface area contributed by atoms with Crippen LogP contribution in [0, 0.1) is 0 Å². The maximum absolute atomic E-state index is 11.8. The van der Waals surface area contributed by atoms with Gasteiger partial charge in [-0.1, -0.05) is 0 Å². The monoisotopic (exact) mass is 221 g/mol. The van der Waals surface area contributed by atoms with Crippen molar-refractivity contribution in [3.05, 3.63) is 24.0 Å². The predicted octanol–water partition coefficient (Wildman–Crippen LogP) is 0.760. The summed E-state index contributed by atoms with van der Waals surface area (Å²) in [5.41, 5.74) is 6.84. The van der Waals surface area contributed by atoms with E-state index in [1.54, 1.807) is 18.3 Å². The van der Waals surface area contributed by atoms with E-state index in [1.807, 2.05) is 0 Å². The van der Waals surface area contributed by atoms with Crippen LogP contribution in [-0.4, -0.2) is 29.1 Å². The number of hydrogen-bond acceptors (Lipinski definition) is 4. The van der Waals surface area contributed by atoms with Crippen molar-refractivity contribution in [3.63, 3.8) is 0 Å². The standard InChI is InChI=1S/C11H15N3O2/c12-9-3-4-10(13-8-9)7-11(15)14-5-1-2-6-16-14/h3-4,8H,1-2,5-7,12H2. The highest BCUT2D eigenvalue weighted by atomic mass is 16.7. The van der Waals surface area contributed by atoms with Gasteiger partial charge in [0.05, 0.1) is 24.9 Å². The number of nitrogens with two attached hydrogens (primary N) is 1. The zero-order chi connectivity index (χ0) is 11.4. The summed E-state index contributed by atoms with van der Waals surface area (Å²) in [5.74, 6) is -0.0445. The average Bonchev–Trinajstić information content (AvgIpc) is 2.33. The predicted molar refractivity (Wildman–Crippen MR) is 59.3 cm³/mol. The van der Waals surface area contributed by atoms with E-state index in [1.165, 1.54) is 5.06 Å². The molecule has 0 aromatic carbocycles. The number of pyridine rings is 1. The molecule has 0 bridgehead atoms. The Morgan fingerprint density at radius 3 is 3.00 bits per heavy atom. The van der Waals surface area contributed by atoms with Crippen molar-refractivity contribution >= 4 is 11.6 Å². The number of aromatic nitrogens is 1. The molecule has 0 aliphatic carbocycles. The summed E-state index contributed by atoms with van der Waals surface area (Å²) in [5, 5.41) is 1.43. The number of nitrogen functional groups attached to an aromatic ring is 1. The molecular formula is C11H15N3O2. The molecule has 0 unspecified atom stereocenters. The molecule has 0 radical (unpaired) electrons. The number of carbonyl (C=O) groups excluding carboxylic acids is 1. The van der Waals surface area contributed by atoms with Crippen LogP contribution in [0.25, 0.3) is 0 Å². The van der Waals surface area contributed by atoms with E-state index >= 15 is 0 Å². The van der Waals surface area contributed by atoms with Gasteiger partial charge >= 0.3 is 0 Å². The van der Waals surface area contributed by atoms with Crippen molar-refractivity contribution in [3.8, 4) is 0 Å². The van der Waals surface area contributed by atoms with Gasteiger partial charge in [-0.3, -0.25) is 14.6 Å². The highest BCUT2D eigenvalue weighted by Crippen LogP contribution is 2.09. The normalized spacial score (nSPS) is 16.1. The molecular weight excluding hydrogens is 206 g/mol. The van der Waals surface area contributed by atoms with Crippen molar-refractivity contribution in [1.29, 1.82) is 0 Å². The number of rotatable bonds is 2. The topological polar surface area (TPSA) is 68.5 Å². The smallest absolute Gasteiger partial charge is 0.252 e. The van der Waals surface area contributed by atoms with Crippen molar-refractivity contribution in [1.82, 2.24) is 10.0 Å². The second-order valence-electron chi connectivity index (χ2n) is 3.80. The molecule has 86 valence electrons. The molecule has 1 aliphatic heterocycles. The van der Waals surface area contributed by atoms with Gasteiger partial charge in [-0.15, -0.1) is 0 Å². The van der Waals surface area contributed by atoms with Crippen molar-refractivity contribution in [2.45, 2.75) is 19.3 Å². The van der Waals surface area contributed by atoms with E-state index in [-0.39, 0.29) is 12.3 Å². The summed E-state index contributed by atoms with van der Waals surface area (Å²) < 4.78 is 0. The molecule has 1 aromatic rings. The largest absolute Gasteiger partial charge is 0.397 e. The van der Waals surface area contributed by atoms with Crippen LogP contribution in [0.4, 0.5) is 5.69 Å². The lowest BCUT2D eigenvalue weighted by Gasteiger charge is -2.25. The number of nitrogens with zero attached hydrogens (tertiary/aromatic N) is 2. The fourth-order valence-corrected chi connectivity index (χ4v) is 1.58. The van der Waals surface area contributed by atoms with Crippen LogP contribution >= 0.6 is 0 Å². The van der Waals surface area contributed by atoms with Gasteiger partial charge in [0.25, 0.3) is 5.91 Å². The van der Waals surface area contributed by atoms with Gasteiger partial charge in [0.1, 0.15) is 0 Å². The number of hydrogen-bond donors (Lipinski definition) is 1. The fraction of sp³-hybridized carbons (Fsp3) is 0.455. The van der Waals surface area contributed by atoms with Gasteiger partial charge in [-0.05, 0) is 25.0 Å². The Morgan fingerprint density at radius 2 is 2.38 bits per heavy atom. The summed E-state index contributed by atoms with van der Waals surface area (Å²) in [7, 11) is 0. The summed E-state index contributed by atoms with van der Waals surface area (Å²) >= 11 is 0. The molecule has 16 heavy (non-hydrogen) atoms. The third-order valence-corrected chi connectivity index (χ3v) is 2.46. The Morgan fingerprint density at radius 1 is 1.50 bits per heavy atom. The molecule has 5 heteroatoms. The molecule has 2 heterocycles. The maximum Gasteiger partial charge on any atom is 0.252 e. The second kappa shape index (κ2) is 4.94.